The average Bonchev–Trinajstić information content (AvgIpc) is 2.69. The van der Waals surface area contributed by atoms with Crippen LogP contribution in [0.5, 0.6) is 0 Å². The number of carbonyl (C=O) groups is 2. The minimum absolute atomic E-state index is 0.110. The van der Waals surface area contributed by atoms with Crippen LogP contribution in [-0.4, -0.2) is 43.0 Å². The van der Waals surface area contributed by atoms with Crippen molar-refractivity contribution in [1.29, 1.82) is 0 Å². The molecule has 0 bridgehead atoms. The molecule has 0 radical (unpaired) electrons. The molecule has 1 saturated carbocycles. The van der Waals surface area contributed by atoms with E-state index in [9.17, 15) is 18.0 Å². The second-order valence-corrected chi connectivity index (χ2v) is 10.1. The van der Waals surface area contributed by atoms with E-state index < -0.39 is 16.1 Å². The average molecular weight is 407 g/mol. The van der Waals surface area contributed by atoms with Crippen LogP contribution in [0.1, 0.15) is 69.2 Å². The summed E-state index contributed by atoms with van der Waals surface area (Å²) in [5.41, 5.74) is 0.471. The predicted octanol–water partition coefficient (Wildman–Crippen LogP) is 3.13. The molecule has 1 aromatic rings. The monoisotopic (exact) mass is 406 g/mol. The van der Waals surface area contributed by atoms with Gasteiger partial charge in [0, 0.05) is 18.2 Å². The normalized spacial score (nSPS) is 26.6. The van der Waals surface area contributed by atoms with E-state index in [2.05, 4.69) is 12.2 Å². The summed E-state index contributed by atoms with van der Waals surface area (Å²) < 4.78 is 27.7. The second-order valence-electron chi connectivity index (χ2n) is 8.17. The molecule has 1 heterocycles. The lowest BCUT2D eigenvalue weighted by molar-refractivity contribution is -0.126. The van der Waals surface area contributed by atoms with Gasteiger partial charge in [-0.25, -0.2) is 8.42 Å². The molecular weight excluding hydrogens is 376 g/mol. The first kappa shape index (κ1) is 21.0. The fourth-order valence-electron chi connectivity index (χ4n) is 4.15. The van der Waals surface area contributed by atoms with Crippen LogP contribution in [0.4, 0.5) is 0 Å². The number of nitrogens with zero attached hydrogens (tertiary/aromatic N) is 1. The molecule has 1 N–H and O–H groups in total. The Morgan fingerprint density at radius 2 is 1.64 bits per heavy atom. The zero-order valence-electron chi connectivity index (χ0n) is 16.7. The fourth-order valence-corrected chi connectivity index (χ4v) is 5.81. The first-order chi connectivity index (χ1) is 13.3. The van der Waals surface area contributed by atoms with Crippen LogP contribution in [0, 0.1) is 5.92 Å². The van der Waals surface area contributed by atoms with Gasteiger partial charge in [-0.2, -0.15) is 4.31 Å². The summed E-state index contributed by atoms with van der Waals surface area (Å²) in [7, 11) is -3.79. The van der Waals surface area contributed by atoms with Crippen LogP contribution >= 0.6 is 0 Å². The summed E-state index contributed by atoms with van der Waals surface area (Å²) in [6.45, 7) is 4.02. The maximum absolute atomic E-state index is 13.2. The standard InChI is InChI=1S/C21H30N2O4S/c1-15-6-10-18(11-7-15)22-21(25)20-5-3-4-14-23(20)28(26,27)19-12-8-17(9-13-19)16(2)24/h8-9,12-13,15,18,20H,3-7,10-11,14H2,1-2H3,(H,22,25). The van der Waals surface area contributed by atoms with E-state index >= 15 is 0 Å². The van der Waals surface area contributed by atoms with Gasteiger partial charge in [0.2, 0.25) is 15.9 Å². The second kappa shape index (κ2) is 8.74. The number of hydrogen-bond acceptors (Lipinski definition) is 4. The van der Waals surface area contributed by atoms with Crippen molar-refractivity contribution in [3.8, 4) is 0 Å². The third-order valence-electron chi connectivity index (χ3n) is 5.99. The Morgan fingerprint density at radius 3 is 2.25 bits per heavy atom. The summed E-state index contributed by atoms with van der Waals surface area (Å²) in [6.07, 6.45) is 6.24. The number of carbonyl (C=O) groups excluding carboxylic acids is 2. The van der Waals surface area contributed by atoms with Crippen LogP contribution in [-0.2, 0) is 14.8 Å². The number of hydrogen-bond donors (Lipinski definition) is 1. The number of piperidine rings is 1. The van der Waals surface area contributed by atoms with Gasteiger partial charge in [0.25, 0.3) is 0 Å². The van der Waals surface area contributed by atoms with E-state index in [1.165, 1.54) is 35.5 Å². The highest BCUT2D eigenvalue weighted by Gasteiger charge is 2.38. The van der Waals surface area contributed by atoms with Crippen LogP contribution < -0.4 is 5.32 Å². The first-order valence-electron chi connectivity index (χ1n) is 10.2. The SMILES string of the molecule is CC(=O)c1ccc(S(=O)(=O)N2CCCCC2C(=O)NC2CCC(C)CC2)cc1. The molecule has 6 nitrogen and oxygen atoms in total. The number of rotatable bonds is 5. The number of benzene rings is 1. The smallest absolute Gasteiger partial charge is 0.243 e. The Bertz CT molecular complexity index is 811. The Hall–Kier alpha value is -1.73. The molecule has 2 aliphatic rings. The Kier molecular flexibility index (Phi) is 6.55. The molecule has 28 heavy (non-hydrogen) atoms. The van der Waals surface area contributed by atoms with Crippen molar-refractivity contribution in [3.05, 3.63) is 29.8 Å². The topological polar surface area (TPSA) is 83.6 Å². The van der Waals surface area contributed by atoms with Gasteiger partial charge in [0.1, 0.15) is 6.04 Å². The van der Waals surface area contributed by atoms with Gasteiger partial charge >= 0.3 is 0 Å². The summed E-state index contributed by atoms with van der Waals surface area (Å²) in [5, 5.41) is 3.10. The maximum Gasteiger partial charge on any atom is 0.243 e. The molecule has 2 fully saturated rings. The number of Topliss-reactive ketones (excluding diaryl/α,β-unsaturated/α-hetero) is 1. The summed E-state index contributed by atoms with van der Waals surface area (Å²) in [5.74, 6) is 0.404. The van der Waals surface area contributed by atoms with Crippen molar-refractivity contribution in [2.45, 2.75) is 75.8 Å². The molecule has 7 heteroatoms. The van der Waals surface area contributed by atoms with Crippen molar-refractivity contribution in [2.24, 2.45) is 5.92 Å². The summed E-state index contributed by atoms with van der Waals surface area (Å²) in [4.78, 5) is 24.5. The van der Waals surface area contributed by atoms with Crippen LogP contribution in [0.15, 0.2) is 29.2 Å². The van der Waals surface area contributed by atoms with Gasteiger partial charge in [0.05, 0.1) is 4.90 Å². The quantitative estimate of drug-likeness (QED) is 0.762. The lowest BCUT2D eigenvalue weighted by Crippen LogP contribution is -2.53. The van der Waals surface area contributed by atoms with Crippen molar-refractivity contribution < 1.29 is 18.0 Å². The van der Waals surface area contributed by atoms with Crippen molar-refractivity contribution in [2.75, 3.05) is 6.54 Å². The lowest BCUT2D eigenvalue weighted by atomic mass is 9.87. The number of nitrogens with one attached hydrogen (secondary N) is 1. The van der Waals surface area contributed by atoms with E-state index in [4.69, 9.17) is 0 Å². The van der Waals surface area contributed by atoms with E-state index in [0.717, 1.165) is 38.5 Å². The molecule has 1 aliphatic heterocycles. The molecule has 0 spiro atoms. The first-order valence-corrected chi connectivity index (χ1v) is 11.7. The van der Waals surface area contributed by atoms with E-state index in [1.807, 2.05) is 0 Å². The largest absolute Gasteiger partial charge is 0.352 e. The molecule has 1 atom stereocenters. The highest BCUT2D eigenvalue weighted by molar-refractivity contribution is 7.89. The Balaban J connectivity index is 1.76. The van der Waals surface area contributed by atoms with Gasteiger partial charge in [0.15, 0.2) is 5.78 Å². The summed E-state index contributed by atoms with van der Waals surface area (Å²) >= 11 is 0. The molecule has 0 aromatic heterocycles. The number of amides is 1. The van der Waals surface area contributed by atoms with Gasteiger partial charge < -0.3 is 5.32 Å². The van der Waals surface area contributed by atoms with Gasteiger partial charge in [-0.3, -0.25) is 9.59 Å². The van der Waals surface area contributed by atoms with Gasteiger partial charge in [-0.1, -0.05) is 25.5 Å². The van der Waals surface area contributed by atoms with Gasteiger partial charge in [-0.15, -0.1) is 0 Å². The summed E-state index contributed by atoms with van der Waals surface area (Å²) in [6, 6.07) is 5.45. The third-order valence-corrected chi connectivity index (χ3v) is 7.91. The van der Waals surface area contributed by atoms with Crippen LogP contribution in [0.2, 0.25) is 0 Å². The Morgan fingerprint density at radius 1 is 1.00 bits per heavy atom. The minimum atomic E-state index is -3.79. The molecule has 1 aliphatic carbocycles. The highest BCUT2D eigenvalue weighted by Crippen LogP contribution is 2.27. The van der Waals surface area contributed by atoms with Crippen LogP contribution in [0.25, 0.3) is 0 Å². The van der Waals surface area contributed by atoms with Crippen molar-refractivity contribution in [3.63, 3.8) is 0 Å². The molecular formula is C21H30N2O4S. The van der Waals surface area contributed by atoms with E-state index in [1.54, 1.807) is 0 Å². The lowest BCUT2D eigenvalue weighted by Gasteiger charge is -2.35. The van der Waals surface area contributed by atoms with Crippen molar-refractivity contribution >= 4 is 21.7 Å². The van der Waals surface area contributed by atoms with E-state index in [0.29, 0.717) is 24.4 Å². The fraction of sp³-hybridized carbons (Fsp3) is 0.619. The zero-order chi connectivity index (χ0) is 20.3. The van der Waals surface area contributed by atoms with Gasteiger partial charge in [-0.05, 0) is 63.5 Å². The zero-order valence-corrected chi connectivity index (χ0v) is 17.5. The number of ketones is 1. The highest BCUT2D eigenvalue weighted by atomic mass is 32.2. The third kappa shape index (κ3) is 4.63. The maximum atomic E-state index is 13.2. The van der Waals surface area contributed by atoms with Crippen molar-refractivity contribution in [1.82, 2.24) is 9.62 Å². The minimum Gasteiger partial charge on any atom is -0.352 e. The molecule has 1 aromatic carbocycles. The molecule has 1 saturated heterocycles. The van der Waals surface area contributed by atoms with Crippen LogP contribution in [0.3, 0.4) is 0 Å². The Labute approximate surface area is 167 Å². The molecule has 1 unspecified atom stereocenters. The molecule has 3 rings (SSSR count). The van der Waals surface area contributed by atoms with E-state index in [-0.39, 0.29) is 22.6 Å². The molecule has 154 valence electrons. The molecule has 1 amide bonds. The predicted molar refractivity (Wildman–Crippen MR) is 108 cm³/mol. The number of sulfonamides is 1.